The van der Waals surface area contributed by atoms with Gasteiger partial charge in [0.1, 0.15) is 71.5 Å². The fourth-order valence-electron chi connectivity index (χ4n) is 14.2. The van der Waals surface area contributed by atoms with Gasteiger partial charge in [-0.05, 0) is 150 Å². The second-order valence-corrected chi connectivity index (χ2v) is 35.8. The number of nitrogen functional groups attached to an aromatic ring is 4. The molecule has 20 aromatic rings. The van der Waals surface area contributed by atoms with Gasteiger partial charge in [-0.1, -0.05) is 136 Å². The number of aryl methyl sites for hydroxylation is 5. The van der Waals surface area contributed by atoms with E-state index in [1.807, 2.05) is 185 Å². The monoisotopic (exact) mass is 1950 g/mol. The maximum absolute atomic E-state index is 13.2. The first-order valence-corrected chi connectivity index (χ1v) is 46.5. The van der Waals surface area contributed by atoms with E-state index in [0.717, 1.165) is 89.3 Å². The molecule has 672 valence electrons. The van der Waals surface area contributed by atoms with Crippen LogP contribution < -0.4 is 22.9 Å². The van der Waals surface area contributed by atoms with Crippen LogP contribution in [0.1, 0.15) is 27.8 Å². The van der Waals surface area contributed by atoms with Gasteiger partial charge in [-0.15, -0.1) is 11.8 Å². The van der Waals surface area contributed by atoms with Gasteiger partial charge in [0.05, 0.1) is 82.1 Å². The predicted octanol–water partition coefficient (Wildman–Crippen LogP) is 22.2. The second-order valence-electron chi connectivity index (χ2n) is 30.2. The minimum atomic E-state index is -4.37. The highest BCUT2D eigenvalue weighted by molar-refractivity contribution is 7.99. The minimum Gasteiger partial charge on any atom is -0.381 e. The lowest BCUT2D eigenvalue weighted by Crippen LogP contribution is -2.05. The Bertz CT molecular complexity index is 7830. The van der Waals surface area contributed by atoms with Gasteiger partial charge >= 0.3 is 6.18 Å². The minimum absolute atomic E-state index is 0.210. The third-order valence-electron chi connectivity index (χ3n) is 20.6. The highest BCUT2D eigenvalue weighted by atomic mass is 35.5. The van der Waals surface area contributed by atoms with Crippen molar-refractivity contribution in [3.8, 4) is 96.7 Å². The first-order valence-electron chi connectivity index (χ1n) is 41.0. The van der Waals surface area contributed by atoms with Crippen LogP contribution in [0.25, 0.3) is 134 Å². The topological polar surface area (TPSA) is 372 Å². The highest BCUT2D eigenvalue weighted by Gasteiger charge is 2.32. The SMILES string of the molecule is Cn1ccc(-c2nc(N)c(SCCn3ccc(C(F)(F)F)c3)nc2-c2cc(Cl)c3ncccc3c2)n1.Cn1ccc(-c2nc(N)c(SCc3ccc(C#N)cc3)nc2-c2cc(Cl)c3ncccc3c2)n1.Cn1ccc(-c2nc(N)c(SCc3ccc(F)cc3)nc2-c2cc(Cl)c3ncccc3c2)n1.Cn1ccc(-c2nc(N)c(SCc3cccnc3)nc2-c2cc(Cl)c3ncccc3c2)n1. The number of thioether (sulfide) groups is 4. The number of pyridine rings is 5. The van der Waals surface area contributed by atoms with Gasteiger partial charge in [0.25, 0.3) is 0 Å². The average molecular weight is 1950 g/mol. The van der Waals surface area contributed by atoms with Crippen molar-refractivity contribution in [2.45, 2.75) is 50.1 Å². The molecule has 20 rings (SSSR count). The van der Waals surface area contributed by atoms with E-state index in [2.05, 4.69) is 61.4 Å². The van der Waals surface area contributed by atoms with Crippen molar-refractivity contribution in [2.75, 3.05) is 28.7 Å². The Morgan fingerprint density at radius 1 is 0.370 bits per heavy atom. The molecule has 0 unspecified atom stereocenters. The number of hydrogen-bond donors (Lipinski definition) is 4. The van der Waals surface area contributed by atoms with Crippen molar-refractivity contribution in [3.63, 3.8) is 0 Å². The van der Waals surface area contributed by atoms with Gasteiger partial charge < -0.3 is 27.5 Å². The Morgan fingerprint density at radius 2 is 0.696 bits per heavy atom. The first-order chi connectivity index (χ1) is 65.3. The second kappa shape index (κ2) is 40.9. The summed E-state index contributed by atoms with van der Waals surface area (Å²) in [5.41, 5.74) is 41.6. The number of halogens is 8. The van der Waals surface area contributed by atoms with Gasteiger partial charge in [0.2, 0.25) is 0 Å². The van der Waals surface area contributed by atoms with Crippen LogP contribution in [0.2, 0.25) is 20.1 Å². The molecule has 39 heteroatoms. The number of benzene rings is 6. The van der Waals surface area contributed by atoms with Crippen molar-refractivity contribution in [1.82, 2.24) is 108 Å². The molecule has 0 atom stereocenters. The van der Waals surface area contributed by atoms with E-state index >= 15 is 0 Å². The molecule has 0 spiro atoms. The Kier molecular flexibility index (Phi) is 28.0. The van der Waals surface area contributed by atoms with Gasteiger partial charge in [-0.3, -0.25) is 43.6 Å². The molecule has 0 saturated carbocycles. The zero-order valence-corrected chi connectivity index (χ0v) is 77.9. The number of alkyl halides is 3. The van der Waals surface area contributed by atoms with E-state index in [4.69, 9.17) is 105 Å². The molecule has 0 amide bonds. The largest absolute Gasteiger partial charge is 0.417 e. The molecular weight excluding hydrogens is 1880 g/mol. The number of nitriles is 1. The van der Waals surface area contributed by atoms with Crippen molar-refractivity contribution in [2.24, 2.45) is 28.2 Å². The van der Waals surface area contributed by atoms with Gasteiger partial charge in [-0.2, -0.15) is 38.8 Å². The standard InChI is InChI=1S/C25H18ClN7S.C24H19ClF3N7S.C24H18ClFN6S.C23H18ClN7S/c1-33-10-8-20(32-33)23-22(18-11-17-3-2-9-29-21(17)19(26)12-18)31-25(24(28)30-23)34-14-16-6-4-15(13-27)5-7-16;1-34-7-5-18(33-34)21-20(15-11-14-3-2-6-30-19(14)17(25)12-15)32-23(22(29)31-21)36-10-9-35-8-4-16(13-35)24(26,27)28;1-32-10-8-19(31-32)22-21(16-11-15-3-2-9-28-20(15)18(25)12-16)30-24(23(27)29-22)33-13-14-4-6-17(26)7-5-14;1-31-9-6-18(30-31)21-20(16-10-15-5-3-8-27-19(15)17(24)11-16)29-23(22(25)28-21)32-13-14-4-2-7-26-12-14/h2-12H,14H2,1H3,(H2,28,30);2-8,11-13H,9-10H2,1H3,(H2,29,31);2-12H,13H2,1H3,(H2,27,29);2-12H,13H2,1H3,(H2,25,28). The lowest BCUT2D eigenvalue weighted by atomic mass is 10.0. The summed E-state index contributed by atoms with van der Waals surface area (Å²) < 4.78 is 60.1. The highest BCUT2D eigenvalue weighted by Crippen LogP contribution is 2.44. The molecule has 0 aliphatic rings. The van der Waals surface area contributed by atoms with Crippen molar-refractivity contribution in [1.29, 1.82) is 5.26 Å². The molecule has 135 heavy (non-hydrogen) atoms. The zero-order valence-electron chi connectivity index (χ0n) is 71.6. The summed E-state index contributed by atoms with van der Waals surface area (Å²) in [6.45, 7) is 0.340. The van der Waals surface area contributed by atoms with Crippen LogP contribution in [0.3, 0.4) is 0 Å². The maximum atomic E-state index is 13.2. The number of hydrogen-bond acceptors (Lipinski definition) is 26. The summed E-state index contributed by atoms with van der Waals surface area (Å²) in [5.74, 6) is 3.26. The lowest BCUT2D eigenvalue weighted by molar-refractivity contribution is -0.137. The van der Waals surface area contributed by atoms with Gasteiger partial charge in [0.15, 0.2) is 23.3 Å². The van der Waals surface area contributed by atoms with E-state index < -0.39 is 11.7 Å². The number of rotatable bonds is 21. The summed E-state index contributed by atoms with van der Waals surface area (Å²) in [6.07, 6.45) is 15.9. The maximum Gasteiger partial charge on any atom is 0.417 e. The molecule has 0 radical (unpaired) electrons. The molecule has 0 saturated heterocycles. The third-order valence-corrected chi connectivity index (χ3v) is 25.9. The summed E-state index contributed by atoms with van der Waals surface area (Å²) in [5, 5.41) is 34.9. The Morgan fingerprint density at radius 3 is 1.00 bits per heavy atom. The molecule has 0 aliphatic carbocycles. The van der Waals surface area contributed by atoms with Gasteiger partial charge in [-0.25, -0.2) is 44.3 Å². The molecule has 0 bridgehead atoms. The van der Waals surface area contributed by atoms with Crippen LogP contribution in [-0.2, 0) is 58.2 Å². The molecular formula is C96H73Cl4F4N27S4. The molecule has 6 aromatic carbocycles. The summed E-state index contributed by atoms with van der Waals surface area (Å²) in [7, 11) is 7.34. The number of nitrogens with zero attached hydrogens (tertiary/aromatic N) is 23. The van der Waals surface area contributed by atoms with Crippen LogP contribution in [0.5, 0.6) is 0 Å². The summed E-state index contributed by atoms with van der Waals surface area (Å²) in [6, 6.07) is 58.8. The first kappa shape index (κ1) is 92.4. The molecule has 14 heterocycles. The molecule has 0 aliphatic heterocycles. The average Bonchev–Trinajstić information content (AvgIpc) is 1.51. The van der Waals surface area contributed by atoms with Crippen molar-refractivity contribution < 1.29 is 17.6 Å². The van der Waals surface area contributed by atoms with Crippen LogP contribution >= 0.6 is 93.5 Å². The Balaban J connectivity index is 0.000000125. The molecule has 14 aromatic heterocycles. The molecule has 0 fully saturated rings. The van der Waals surface area contributed by atoms with E-state index in [1.54, 1.807) is 93.3 Å². The van der Waals surface area contributed by atoms with E-state index in [0.29, 0.717) is 167 Å². The predicted molar refractivity (Wildman–Crippen MR) is 528 cm³/mol. The van der Waals surface area contributed by atoms with Crippen LogP contribution in [0, 0.1) is 17.1 Å². The van der Waals surface area contributed by atoms with Crippen LogP contribution in [-0.4, -0.2) is 114 Å². The number of nitrogens with two attached hydrogens (primary N) is 4. The van der Waals surface area contributed by atoms with Crippen molar-refractivity contribution >= 4 is 160 Å². The Labute approximate surface area is 805 Å². The van der Waals surface area contributed by atoms with E-state index in [-0.39, 0.29) is 11.6 Å². The summed E-state index contributed by atoms with van der Waals surface area (Å²) in [4.78, 5) is 59.8. The van der Waals surface area contributed by atoms with Gasteiger partial charge in [0, 0.05) is 176 Å². The smallest absolute Gasteiger partial charge is 0.381 e. The third kappa shape index (κ3) is 21.7. The zero-order chi connectivity index (χ0) is 94.1. The fourth-order valence-corrected chi connectivity index (χ4v) is 18.6. The Hall–Kier alpha value is -14.5. The molecule has 27 nitrogen and oxygen atoms in total. The van der Waals surface area contributed by atoms with Crippen molar-refractivity contribution in [3.05, 3.63) is 316 Å². The number of aromatic nitrogens is 22. The van der Waals surface area contributed by atoms with E-state index in [9.17, 15) is 17.6 Å². The number of fused-ring (bicyclic) bond motifs is 4. The quantitative estimate of drug-likeness (QED) is 0.0383. The lowest BCUT2D eigenvalue weighted by Gasteiger charge is -2.13. The summed E-state index contributed by atoms with van der Waals surface area (Å²) >= 11 is 32.0. The normalized spacial score (nSPS) is 11.3. The van der Waals surface area contributed by atoms with E-state index in [1.165, 1.54) is 69.9 Å². The number of anilines is 4. The fraction of sp³-hybridized carbons (Fsp3) is 0.104. The molecule has 8 N–H and O–H groups in total. The van der Waals surface area contributed by atoms with Crippen LogP contribution in [0.4, 0.5) is 40.8 Å². The van der Waals surface area contributed by atoms with Crippen LogP contribution in [0.15, 0.2) is 283 Å².